The maximum atomic E-state index is 5.14. The number of rotatable bonds is 8. The fourth-order valence-corrected chi connectivity index (χ4v) is 1.69. The van der Waals surface area contributed by atoms with Crippen LogP contribution in [0.25, 0.3) is 0 Å². The highest BCUT2D eigenvalue weighted by molar-refractivity contribution is 5.11. The predicted molar refractivity (Wildman–Crippen MR) is 66.5 cm³/mol. The molecule has 0 aliphatic heterocycles. The van der Waals surface area contributed by atoms with Crippen molar-refractivity contribution in [1.82, 2.24) is 10.3 Å². The Hall–Kier alpha value is -0.930. The summed E-state index contributed by atoms with van der Waals surface area (Å²) in [6, 6.07) is 4.66. The second kappa shape index (κ2) is 8.25. The standard InChI is InChI=1S/C13H22N2O/c1-3-7-15-13(6-10-16-2)11-12-4-8-14-9-5-12/h4-5,8-9,13,15H,3,6-7,10-11H2,1-2H3. The second-order valence-corrected chi connectivity index (χ2v) is 3.99. The zero-order valence-corrected chi connectivity index (χ0v) is 10.3. The van der Waals surface area contributed by atoms with Gasteiger partial charge < -0.3 is 10.1 Å². The van der Waals surface area contributed by atoms with Gasteiger partial charge in [0.15, 0.2) is 0 Å². The molecule has 1 unspecified atom stereocenters. The lowest BCUT2D eigenvalue weighted by molar-refractivity contribution is 0.182. The fourth-order valence-electron chi connectivity index (χ4n) is 1.69. The van der Waals surface area contributed by atoms with Crippen LogP contribution in [-0.4, -0.2) is 31.3 Å². The van der Waals surface area contributed by atoms with Crippen LogP contribution in [0, 0.1) is 0 Å². The van der Waals surface area contributed by atoms with Gasteiger partial charge in [0.1, 0.15) is 0 Å². The molecule has 3 heteroatoms. The number of pyridine rings is 1. The van der Waals surface area contributed by atoms with E-state index in [4.69, 9.17) is 4.74 Å². The van der Waals surface area contributed by atoms with Crippen molar-refractivity contribution >= 4 is 0 Å². The summed E-state index contributed by atoms with van der Waals surface area (Å²) in [7, 11) is 1.75. The summed E-state index contributed by atoms with van der Waals surface area (Å²) >= 11 is 0. The third-order valence-electron chi connectivity index (χ3n) is 2.58. The van der Waals surface area contributed by atoms with Crippen LogP contribution < -0.4 is 5.32 Å². The Labute approximate surface area is 98.2 Å². The van der Waals surface area contributed by atoms with Crippen LogP contribution in [0.4, 0.5) is 0 Å². The minimum absolute atomic E-state index is 0.502. The maximum Gasteiger partial charge on any atom is 0.0477 e. The number of methoxy groups -OCH3 is 1. The lowest BCUT2D eigenvalue weighted by atomic mass is 10.0. The Morgan fingerprint density at radius 1 is 1.38 bits per heavy atom. The smallest absolute Gasteiger partial charge is 0.0477 e. The molecule has 0 bridgehead atoms. The molecule has 1 rings (SSSR count). The number of ether oxygens (including phenoxy) is 1. The van der Waals surface area contributed by atoms with Gasteiger partial charge in [-0.15, -0.1) is 0 Å². The van der Waals surface area contributed by atoms with Crippen LogP contribution in [-0.2, 0) is 11.2 Å². The normalized spacial score (nSPS) is 12.6. The Morgan fingerprint density at radius 2 is 2.12 bits per heavy atom. The molecular formula is C13H22N2O. The third-order valence-corrected chi connectivity index (χ3v) is 2.58. The van der Waals surface area contributed by atoms with Crippen molar-refractivity contribution < 1.29 is 4.74 Å². The van der Waals surface area contributed by atoms with Gasteiger partial charge in [-0.3, -0.25) is 4.98 Å². The molecule has 0 saturated carbocycles. The van der Waals surface area contributed by atoms with E-state index in [1.165, 1.54) is 12.0 Å². The summed E-state index contributed by atoms with van der Waals surface area (Å²) in [5, 5.41) is 3.55. The zero-order valence-electron chi connectivity index (χ0n) is 10.3. The Kier molecular flexibility index (Phi) is 6.77. The van der Waals surface area contributed by atoms with Gasteiger partial charge in [-0.1, -0.05) is 6.92 Å². The quantitative estimate of drug-likeness (QED) is 0.731. The van der Waals surface area contributed by atoms with Crippen LogP contribution in [0.1, 0.15) is 25.3 Å². The molecule has 0 radical (unpaired) electrons. The minimum atomic E-state index is 0.502. The minimum Gasteiger partial charge on any atom is -0.385 e. The Morgan fingerprint density at radius 3 is 2.75 bits per heavy atom. The largest absolute Gasteiger partial charge is 0.385 e. The van der Waals surface area contributed by atoms with E-state index in [0.29, 0.717) is 6.04 Å². The zero-order chi connectivity index (χ0) is 11.6. The number of hydrogen-bond donors (Lipinski definition) is 1. The van der Waals surface area contributed by atoms with E-state index in [-0.39, 0.29) is 0 Å². The van der Waals surface area contributed by atoms with Gasteiger partial charge in [0, 0.05) is 32.2 Å². The molecule has 16 heavy (non-hydrogen) atoms. The summed E-state index contributed by atoms with van der Waals surface area (Å²) in [6.45, 7) is 4.07. The summed E-state index contributed by atoms with van der Waals surface area (Å²) in [4.78, 5) is 4.03. The van der Waals surface area contributed by atoms with Crippen LogP contribution in [0.5, 0.6) is 0 Å². The van der Waals surface area contributed by atoms with E-state index in [2.05, 4.69) is 29.4 Å². The molecule has 1 N–H and O–H groups in total. The lowest BCUT2D eigenvalue weighted by Gasteiger charge is -2.18. The first-order valence-corrected chi connectivity index (χ1v) is 5.98. The van der Waals surface area contributed by atoms with Crippen LogP contribution in [0.15, 0.2) is 24.5 Å². The molecule has 0 aromatic carbocycles. The Bertz CT molecular complexity index is 256. The highest BCUT2D eigenvalue weighted by atomic mass is 16.5. The van der Waals surface area contributed by atoms with Gasteiger partial charge in [-0.2, -0.15) is 0 Å². The molecule has 3 nitrogen and oxygen atoms in total. The summed E-state index contributed by atoms with van der Waals surface area (Å²) in [6.07, 6.45) is 6.97. The van der Waals surface area contributed by atoms with Gasteiger partial charge >= 0.3 is 0 Å². The van der Waals surface area contributed by atoms with E-state index in [1.54, 1.807) is 7.11 Å². The van der Waals surface area contributed by atoms with Crippen molar-refractivity contribution in [2.75, 3.05) is 20.3 Å². The van der Waals surface area contributed by atoms with Crippen molar-refractivity contribution in [2.24, 2.45) is 0 Å². The molecule has 1 aromatic heterocycles. The van der Waals surface area contributed by atoms with Crippen molar-refractivity contribution in [2.45, 2.75) is 32.2 Å². The van der Waals surface area contributed by atoms with Crippen molar-refractivity contribution in [3.63, 3.8) is 0 Å². The van der Waals surface area contributed by atoms with Crippen molar-refractivity contribution in [1.29, 1.82) is 0 Å². The number of aromatic nitrogens is 1. The second-order valence-electron chi connectivity index (χ2n) is 3.99. The highest BCUT2D eigenvalue weighted by Crippen LogP contribution is 2.05. The molecule has 0 saturated heterocycles. The maximum absolute atomic E-state index is 5.14. The van der Waals surface area contributed by atoms with E-state index in [1.807, 2.05) is 12.4 Å². The molecule has 0 aliphatic rings. The topological polar surface area (TPSA) is 34.1 Å². The average Bonchev–Trinajstić information content (AvgIpc) is 2.34. The lowest BCUT2D eigenvalue weighted by Crippen LogP contribution is -2.32. The van der Waals surface area contributed by atoms with Gasteiger partial charge in [0.25, 0.3) is 0 Å². The highest BCUT2D eigenvalue weighted by Gasteiger charge is 2.08. The van der Waals surface area contributed by atoms with E-state index >= 15 is 0 Å². The molecule has 0 amide bonds. The summed E-state index contributed by atoms with van der Waals surface area (Å²) in [5.74, 6) is 0. The fraction of sp³-hybridized carbons (Fsp3) is 0.615. The SMILES string of the molecule is CCCNC(CCOC)Cc1ccncc1. The predicted octanol–water partition coefficient (Wildman–Crippen LogP) is 2.03. The average molecular weight is 222 g/mol. The van der Waals surface area contributed by atoms with Gasteiger partial charge in [0.2, 0.25) is 0 Å². The Balaban J connectivity index is 2.42. The van der Waals surface area contributed by atoms with Crippen LogP contribution in [0.3, 0.4) is 0 Å². The van der Waals surface area contributed by atoms with Crippen LogP contribution >= 0.6 is 0 Å². The molecular weight excluding hydrogens is 200 g/mol. The first-order chi connectivity index (χ1) is 7.86. The van der Waals surface area contributed by atoms with Gasteiger partial charge in [0.05, 0.1) is 0 Å². The monoisotopic (exact) mass is 222 g/mol. The molecule has 1 aromatic rings. The van der Waals surface area contributed by atoms with E-state index in [0.717, 1.165) is 26.0 Å². The first kappa shape index (κ1) is 13.1. The van der Waals surface area contributed by atoms with E-state index < -0.39 is 0 Å². The number of nitrogens with one attached hydrogen (secondary N) is 1. The third kappa shape index (κ3) is 5.24. The molecule has 0 aliphatic carbocycles. The van der Waals surface area contributed by atoms with Crippen LogP contribution in [0.2, 0.25) is 0 Å². The van der Waals surface area contributed by atoms with Gasteiger partial charge in [-0.25, -0.2) is 0 Å². The summed E-state index contributed by atoms with van der Waals surface area (Å²) in [5.41, 5.74) is 1.33. The molecule has 90 valence electrons. The van der Waals surface area contributed by atoms with Crippen molar-refractivity contribution in [3.8, 4) is 0 Å². The molecule has 0 spiro atoms. The summed E-state index contributed by atoms with van der Waals surface area (Å²) < 4.78 is 5.14. The van der Waals surface area contributed by atoms with Crippen molar-refractivity contribution in [3.05, 3.63) is 30.1 Å². The molecule has 1 atom stereocenters. The number of hydrogen-bond acceptors (Lipinski definition) is 3. The van der Waals surface area contributed by atoms with Gasteiger partial charge in [-0.05, 0) is 43.5 Å². The van der Waals surface area contributed by atoms with E-state index in [9.17, 15) is 0 Å². The molecule has 1 heterocycles. The molecule has 0 fully saturated rings. The first-order valence-electron chi connectivity index (χ1n) is 5.98. The number of nitrogens with zero attached hydrogens (tertiary/aromatic N) is 1.